The number of aromatic carboxylic acids is 1. The molecule has 0 saturated carbocycles. The normalized spacial score (nSPS) is 12.5. The van der Waals surface area contributed by atoms with Crippen molar-refractivity contribution in [2.75, 3.05) is 0 Å². The van der Waals surface area contributed by atoms with Gasteiger partial charge >= 0.3 is 0 Å². The first-order chi connectivity index (χ1) is 5.61. The molecule has 3 nitrogen and oxygen atoms in total. The fraction of sp³-hybridized carbons (Fsp3) is 0.222. The minimum Gasteiger partial charge on any atom is -0.545 e. The molecule has 1 unspecified atom stereocenters. The van der Waals surface area contributed by atoms with Gasteiger partial charge in [-0.1, -0.05) is 18.2 Å². The summed E-state index contributed by atoms with van der Waals surface area (Å²) in [4.78, 5) is 10.4. The highest BCUT2D eigenvalue weighted by molar-refractivity contribution is 5.85. The molecule has 0 spiro atoms. The minimum absolute atomic E-state index is 0.0911. The summed E-state index contributed by atoms with van der Waals surface area (Å²) < 4.78 is 0. The van der Waals surface area contributed by atoms with Crippen LogP contribution in [0.2, 0.25) is 0 Å². The van der Waals surface area contributed by atoms with Gasteiger partial charge in [-0.25, -0.2) is 0 Å². The Labute approximate surface area is 70.3 Å². The largest absolute Gasteiger partial charge is 0.545 e. The van der Waals surface area contributed by atoms with Crippen LogP contribution in [0, 0.1) is 0 Å². The molecule has 0 radical (unpaired) electrons. The van der Waals surface area contributed by atoms with E-state index >= 15 is 0 Å². The van der Waals surface area contributed by atoms with Crippen LogP contribution in [0.25, 0.3) is 0 Å². The molecule has 0 heterocycles. The summed E-state index contributed by atoms with van der Waals surface area (Å²) in [6.45, 7) is 1.58. The Bertz CT molecular complexity index is 292. The second kappa shape index (κ2) is 3.36. The summed E-state index contributed by atoms with van der Waals surface area (Å²) in [7, 11) is 0. The summed E-state index contributed by atoms with van der Waals surface area (Å²) in [6, 6.07) is 6.07. The van der Waals surface area contributed by atoms with Crippen LogP contribution in [0.3, 0.4) is 0 Å². The van der Waals surface area contributed by atoms with E-state index < -0.39 is 12.1 Å². The summed E-state index contributed by atoms with van der Waals surface area (Å²) in [6.07, 6.45) is -0.649. The average Bonchev–Trinajstić information content (AvgIpc) is 2.04. The fourth-order valence-electron chi connectivity index (χ4n) is 0.926. The highest BCUT2D eigenvalue weighted by Crippen LogP contribution is 2.12. The van der Waals surface area contributed by atoms with Gasteiger partial charge in [0, 0.05) is 0 Å². The number of aliphatic hydroxyl groups excluding tert-OH is 1. The molecule has 64 valence electrons. The zero-order valence-electron chi connectivity index (χ0n) is 6.65. The third-order valence-corrected chi connectivity index (χ3v) is 1.60. The van der Waals surface area contributed by atoms with E-state index in [0.29, 0.717) is 5.56 Å². The third-order valence-electron chi connectivity index (χ3n) is 1.60. The van der Waals surface area contributed by atoms with Crippen molar-refractivity contribution in [2.24, 2.45) is 0 Å². The van der Waals surface area contributed by atoms with E-state index in [0.717, 1.165) is 0 Å². The van der Waals surface area contributed by atoms with Gasteiger partial charge in [-0.2, -0.15) is 0 Å². The van der Waals surface area contributed by atoms with Gasteiger partial charge in [0.25, 0.3) is 0 Å². The number of hydrogen-bond acceptors (Lipinski definition) is 3. The number of carbonyl (C=O) groups is 1. The molecule has 1 rings (SSSR count). The number of hydrogen-bond donors (Lipinski definition) is 1. The molecule has 0 saturated heterocycles. The lowest BCUT2D eigenvalue weighted by atomic mass is 10.1. The van der Waals surface area contributed by atoms with Crippen molar-refractivity contribution in [2.45, 2.75) is 13.0 Å². The molecule has 1 aromatic rings. The van der Waals surface area contributed by atoms with Gasteiger partial charge < -0.3 is 15.0 Å². The van der Waals surface area contributed by atoms with Crippen LogP contribution >= 0.6 is 0 Å². The molecule has 1 N–H and O–H groups in total. The van der Waals surface area contributed by atoms with Crippen LogP contribution in [-0.4, -0.2) is 11.1 Å². The topological polar surface area (TPSA) is 60.4 Å². The molecule has 0 amide bonds. The standard InChI is InChI=1S/C9H10O3/c1-6(10)7-3-2-4-8(5-7)9(11)12/h2-6,10H,1H3,(H,11,12)/p-1. The fourth-order valence-corrected chi connectivity index (χ4v) is 0.926. The van der Waals surface area contributed by atoms with Gasteiger partial charge in [0.1, 0.15) is 0 Å². The van der Waals surface area contributed by atoms with Crippen molar-refractivity contribution in [1.29, 1.82) is 0 Å². The van der Waals surface area contributed by atoms with Crippen molar-refractivity contribution in [3.8, 4) is 0 Å². The molecule has 0 aromatic heterocycles. The lowest BCUT2D eigenvalue weighted by molar-refractivity contribution is -0.255. The molecule has 12 heavy (non-hydrogen) atoms. The maximum absolute atomic E-state index is 10.4. The highest BCUT2D eigenvalue weighted by atomic mass is 16.4. The van der Waals surface area contributed by atoms with E-state index in [-0.39, 0.29) is 5.56 Å². The quantitative estimate of drug-likeness (QED) is 0.676. The molecule has 0 fully saturated rings. The molecule has 0 aliphatic carbocycles. The van der Waals surface area contributed by atoms with Gasteiger partial charge in [-0.15, -0.1) is 0 Å². The Kier molecular flexibility index (Phi) is 2.45. The number of carbonyl (C=O) groups excluding carboxylic acids is 1. The maximum Gasteiger partial charge on any atom is 0.0762 e. The van der Waals surface area contributed by atoms with Crippen LogP contribution in [0.15, 0.2) is 24.3 Å². The van der Waals surface area contributed by atoms with Gasteiger partial charge in [0.2, 0.25) is 0 Å². The van der Waals surface area contributed by atoms with Crippen LogP contribution in [0.5, 0.6) is 0 Å². The highest BCUT2D eigenvalue weighted by Gasteiger charge is 2.01. The van der Waals surface area contributed by atoms with Crippen molar-refractivity contribution in [1.82, 2.24) is 0 Å². The monoisotopic (exact) mass is 165 g/mol. The molecular formula is C9H9O3-. The summed E-state index contributed by atoms with van der Waals surface area (Å²) >= 11 is 0. The molecule has 1 atom stereocenters. The zero-order valence-corrected chi connectivity index (χ0v) is 6.65. The molecule has 0 aliphatic rings. The SMILES string of the molecule is CC(O)c1cccc(C(=O)[O-])c1. The number of benzene rings is 1. The maximum atomic E-state index is 10.4. The zero-order chi connectivity index (χ0) is 9.14. The van der Waals surface area contributed by atoms with Gasteiger partial charge in [-0.05, 0) is 24.1 Å². The third kappa shape index (κ3) is 1.83. The van der Waals surface area contributed by atoms with Crippen LogP contribution < -0.4 is 5.11 Å². The van der Waals surface area contributed by atoms with E-state index in [1.54, 1.807) is 19.1 Å². The van der Waals surface area contributed by atoms with Crippen molar-refractivity contribution < 1.29 is 15.0 Å². The Morgan fingerprint density at radius 3 is 2.75 bits per heavy atom. The van der Waals surface area contributed by atoms with E-state index in [4.69, 9.17) is 5.11 Å². The van der Waals surface area contributed by atoms with Crippen LogP contribution in [0.4, 0.5) is 0 Å². The van der Waals surface area contributed by atoms with Gasteiger partial charge in [-0.3, -0.25) is 0 Å². The smallest absolute Gasteiger partial charge is 0.0762 e. The average molecular weight is 165 g/mol. The molecule has 0 bridgehead atoms. The molecular weight excluding hydrogens is 156 g/mol. The van der Waals surface area contributed by atoms with E-state index in [1.165, 1.54) is 12.1 Å². The second-order valence-corrected chi connectivity index (χ2v) is 2.59. The summed E-state index contributed by atoms with van der Waals surface area (Å²) in [5, 5.41) is 19.5. The minimum atomic E-state index is -1.22. The number of aliphatic hydroxyl groups is 1. The number of carboxylic acids is 1. The predicted octanol–water partition coefficient (Wildman–Crippen LogP) is 0.103. The predicted molar refractivity (Wildman–Crippen MR) is 41.4 cm³/mol. The van der Waals surface area contributed by atoms with Crippen molar-refractivity contribution >= 4 is 5.97 Å². The first-order valence-corrected chi connectivity index (χ1v) is 3.60. The number of rotatable bonds is 2. The molecule has 1 aromatic carbocycles. The van der Waals surface area contributed by atoms with E-state index in [9.17, 15) is 9.90 Å². The molecule has 3 heteroatoms. The lowest BCUT2D eigenvalue weighted by Crippen LogP contribution is -2.22. The van der Waals surface area contributed by atoms with Gasteiger partial charge in [0.15, 0.2) is 0 Å². The van der Waals surface area contributed by atoms with Crippen molar-refractivity contribution in [3.05, 3.63) is 35.4 Å². The van der Waals surface area contributed by atoms with E-state index in [1.807, 2.05) is 0 Å². The first kappa shape index (κ1) is 8.74. The Morgan fingerprint density at radius 2 is 2.25 bits per heavy atom. The van der Waals surface area contributed by atoms with Crippen LogP contribution in [-0.2, 0) is 0 Å². The Hall–Kier alpha value is -1.35. The Balaban J connectivity index is 3.04. The summed E-state index contributed by atoms with van der Waals surface area (Å²) in [5.74, 6) is -1.22. The molecule has 0 aliphatic heterocycles. The summed E-state index contributed by atoms with van der Waals surface area (Å²) in [5.41, 5.74) is 0.671. The Morgan fingerprint density at radius 1 is 1.58 bits per heavy atom. The van der Waals surface area contributed by atoms with E-state index in [2.05, 4.69) is 0 Å². The van der Waals surface area contributed by atoms with Crippen molar-refractivity contribution in [3.63, 3.8) is 0 Å². The van der Waals surface area contributed by atoms with Gasteiger partial charge in [0.05, 0.1) is 12.1 Å². The lowest BCUT2D eigenvalue weighted by Gasteiger charge is -2.07. The van der Waals surface area contributed by atoms with Crippen LogP contribution in [0.1, 0.15) is 28.9 Å². The second-order valence-electron chi connectivity index (χ2n) is 2.59. The number of carboxylic acid groups (broad SMARTS) is 1. The first-order valence-electron chi connectivity index (χ1n) is 3.60.